The molecule has 0 spiro atoms. The predicted octanol–water partition coefficient (Wildman–Crippen LogP) is 3.42. The number of amides is 1. The molecule has 2 aliphatic rings. The summed E-state index contributed by atoms with van der Waals surface area (Å²) < 4.78 is 11.5. The minimum Gasteiger partial charge on any atom is -0.474 e. The number of methoxy groups -OCH3 is 1. The largest absolute Gasteiger partial charge is 0.474 e. The van der Waals surface area contributed by atoms with E-state index < -0.39 is 17.2 Å². The van der Waals surface area contributed by atoms with E-state index in [1.165, 1.54) is 12.0 Å². The van der Waals surface area contributed by atoms with Crippen molar-refractivity contribution in [1.29, 1.82) is 0 Å². The Balaban J connectivity index is 1.75. The molecule has 1 heterocycles. The number of ether oxygens (including phenoxy) is 2. The first-order valence-electron chi connectivity index (χ1n) is 8.99. The number of fused-ring (bicyclic) bond motifs is 1. The van der Waals surface area contributed by atoms with Crippen molar-refractivity contribution in [2.45, 2.75) is 57.5 Å². The molecule has 3 rings (SSSR count). The first-order valence-corrected chi connectivity index (χ1v) is 9.78. The van der Waals surface area contributed by atoms with E-state index >= 15 is 0 Å². The van der Waals surface area contributed by atoms with Gasteiger partial charge in [0, 0.05) is 11.7 Å². The lowest BCUT2D eigenvalue weighted by molar-refractivity contribution is -0.145. The van der Waals surface area contributed by atoms with Crippen molar-refractivity contribution < 1.29 is 24.2 Å². The number of esters is 1. The maximum atomic E-state index is 11.8. The Morgan fingerprint density at radius 1 is 1.37 bits per heavy atom. The molecule has 0 aromatic carbocycles. The summed E-state index contributed by atoms with van der Waals surface area (Å²) in [6, 6.07) is 0. The van der Waals surface area contributed by atoms with E-state index in [0.717, 1.165) is 28.4 Å². The molecule has 1 aromatic rings. The number of aromatic nitrogens is 1. The lowest BCUT2D eigenvalue weighted by Crippen LogP contribution is -2.55. The fourth-order valence-electron chi connectivity index (χ4n) is 3.94. The molecular formula is C19H25BrN2O5. The summed E-state index contributed by atoms with van der Waals surface area (Å²) >= 11 is 3.55. The number of hydrogen-bond acceptors (Lipinski definition) is 5. The molecule has 0 radical (unpaired) electrons. The normalized spacial score (nSPS) is 20.0. The van der Waals surface area contributed by atoms with Gasteiger partial charge in [0.05, 0.1) is 23.0 Å². The minimum absolute atomic E-state index is 0.198. The van der Waals surface area contributed by atoms with Crippen LogP contribution >= 0.6 is 15.9 Å². The molecule has 148 valence electrons. The van der Waals surface area contributed by atoms with Gasteiger partial charge in [-0.05, 0) is 73.5 Å². The highest BCUT2D eigenvalue weighted by molar-refractivity contribution is 9.10. The second kappa shape index (κ2) is 6.96. The van der Waals surface area contributed by atoms with Crippen molar-refractivity contribution >= 4 is 28.0 Å². The molecule has 27 heavy (non-hydrogen) atoms. The topological polar surface area (TPSA) is 89.0 Å². The summed E-state index contributed by atoms with van der Waals surface area (Å²) in [4.78, 5) is 29.5. The molecule has 1 aromatic heterocycles. The smallest absolute Gasteiger partial charge is 0.408 e. The quantitative estimate of drug-likeness (QED) is 0.705. The lowest BCUT2D eigenvalue weighted by atomic mass is 10.0. The Hall–Kier alpha value is -1.83. The molecule has 1 saturated carbocycles. The summed E-state index contributed by atoms with van der Waals surface area (Å²) in [5.74, 6) is 0.0149. The van der Waals surface area contributed by atoms with Gasteiger partial charge >= 0.3 is 12.1 Å². The molecule has 0 aliphatic heterocycles. The SMILES string of the molecule is COC(=O)C1Cc2cnc(OCC3(N(C(=O)O)C(C)(C)C)CC3)c(Br)c2C1. The van der Waals surface area contributed by atoms with Gasteiger partial charge < -0.3 is 14.6 Å². The standard InChI is InChI=1S/C19H25BrN2O5/c1-18(2,3)22(17(24)25)19(5-6-19)10-27-15-14(20)13-8-11(16(23)26-4)7-12(13)9-21-15/h9,11H,5-8,10H2,1-4H3,(H,24,25). The Morgan fingerprint density at radius 2 is 2.04 bits per heavy atom. The molecule has 7 nitrogen and oxygen atoms in total. The number of halogens is 1. The molecule has 1 fully saturated rings. The minimum atomic E-state index is -0.939. The number of carboxylic acid groups (broad SMARTS) is 1. The zero-order valence-electron chi connectivity index (χ0n) is 16.0. The summed E-state index contributed by atoms with van der Waals surface area (Å²) in [7, 11) is 1.39. The molecular weight excluding hydrogens is 416 g/mol. The number of rotatable bonds is 5. The van der Waals surface area contributed by atoms with Crippen LogP contribution < -0.4 is 4.74 Å². The second-order valence-corrected chi connectivity index (χ2v) is 9.10. The average molecular weight is 441 g/mol. The van der Waals surface area contributed by atoms with Gasteiger partial charge in [-0.3, -0.25) is 9.69 Å². The van der Waals surface area contributed by atoms with Crippen molar-refractivity contribution in [3.63, 3.8) is 0 Å². The van der Waals surface area contributed by atoms with Crippen LogP contribution in [0, 0.1) is 5.92 Å². The van der Waals surface area contributed by atoms with Gasteiger partial charge in [0.1, 0.15) is 6.61 Å². The van der Waals surface area contributed by atoms with Gasteiger partial charge in [-0.25, -0.2) is 9.78 Å². The van der Waals surface area contributed by atoms with E-state index in [1.807, 2.05) is 20.8 Å². The molecule has 2 aliphatic carbocycles. The van der Waals surface area contributed by atoms with Crippen LogP contribution in [0.1, 0.15) is 44.7 Å². The zero-order valence-corrected chi connectivity index (χ0v) is 17.6. The highest BCUT2D eigenvalue weighted by atomic mass is 79.9. The molecule has 0 saturated heterocycles. The second-order valence-electron chi connectivity index (χ2n) is 8.31. The number of hydrogen-bond donors (Lipinski definition) is 1. The van der Waals surface area contributed by atoms with Gasteiger partial charge in [0.2, 0.25) is 5.88 Å². The van der Waals surface area contributed by atoms with Crippen LogP contribution in [0.5, 0.6) is 5.88 Å². The van der Waals surface area contributed by atoms with Crippen LogP contribution in [0.2, 0.25) is 0 Å². The number of carbonyl (C=O) groups excluding carboxylic acids is 1. The predicted molar refractivity (Wildman–Crippen MR) is 102 cm³/mol. The maximum Gasteiger partial charge on any atom is 0.408 e. The number of pyridine rings is 1. The average Bonchev–Trinajstić information content (AvgIpc) is 3.19. The van der Waals surface area contributed by atoms with Crippen molar-refractivity contribution in [3.05, 3.63) is 21.8 Å². The van der Waals surface area contributed by atoms with E-state index in [0.29, 0.717) is 18.7 Å². The van der Waals surface area contributed by atoms with Crippen molar-refractivity contribution in [1.82, 2.24) is 9.88 Å². The first-order chi connectivity index (χ1) is 12.6. The van der Waals surface area contributed by atoms with E-state index in [4.69, 9.17) is 9.47 Å². The van der Waals surface area contributed by atoms with Crippen LogP contribution in [0.25, 0.3) is 0 Å². The third-order valence-electron chi connectivity index (χ3n) is 5.27. The number of carbonyl (C=O) groups is 2. The lowest BCUT2D eigenvalue weighted by Gasteiger charge is -2.40. The van der Waals surface area contributed by atoms with Crippen LogP contribution in [0.3, 0.4) is 0 Å². The van der Waals surface area contributed by atoms with E-state index in [1.54, 1.807) is 6.20 Å². The Labute approximate surface area is 167 Å². The molecule has 0 bridgehead atoms. The molecule has 1 N–H and O–H groups in total. The van der Waals surface area contributed by atoms with E-state index in [-0.39, 0.29) is 18.5 Å². The number of nitrogens with zero attached hydrogens (tertiary/aromatic N) is 2. The van der Waals surface area contributed by atoms with Crippen LogP contribution in [-0.4, -0.2) is 51.8 Å². The van der Waals surface area contributed by atoms with Crippen LogP contribution in [0.15, 0.2) is 10.7 Å². The van der Waals surface area contributed by atoms with E-state index in [9.17, 15) is 14.7 Å². The summed E-state index contributed by atoms with van der Waals surface area (Å²) in [5, 5.41) is 9.67. The van der Waals surface area contributed by atoms with Gasteiger partial charge in [0.25, 0.3) is 0 Å². The highest BCUT2D eigenvalue weighted by Crippen LogP contribution is 2.46. The van der Waals surface area contributed by atoms with Gasteiger partial charge in [-0.15, -0.1) is 0 Å². The fourth-order valence-corrected chi connectivity index (χ4v) is 4.57. The Kier molecular flexibility index (Phi) is 5.14. The third kappa shape index (κ3) is 3.77. The monoisotopic (exact) mass is 440 g/mol. The molecule has 1 amide bonds. The van der Waals surface area contributed by atoms with Crippen molar-refractivity contribution in [2.75, 3.05) is 13.7 Å². The highest BCUT2D eigenvalue weighted by Gasteiger charge is 2.55. The Bertz CT molecular complexity index is 770. The summed E-state index contributed by atoms with van der Waals surface area (Å²) in [6.45, 7) is 5.91. The fraction of sp³-hybridized carbons (Fsp3) is 0.632. The van der Waals surface area contributed by atoms with Gasteiger partial charge in [-0.2, -0.15) is 0 Å². The van der Waals surface area contributed by atoms with Crippen molar-refractivity contribution in [2.24, 2.45) is 5.92 Å². The molecule has 1 atom stereocenters. The summed E-state index contributed by atoms with van der Waals surface area (Å²) in [6.07, 6.45) is 3.51. The first kappa shape index (κ1) is 19.9. The van der Waals surface area contributed by atoms with E-state index in [2.05, 4.69) is 20.9 Å². The Morgan fingerprint density at radius 3 is 2.56 bits per heavy atom. The van der Waals surface area contributed by atoms with Crippen molar-refractivity contribution in [3.8, 4) is 5.88 Å². The molecule has 1 unspecified atom stereocenters. The molecule has 8 heteroatoms. The maximum absolute atomic E-state index is 11.8. The van der Waals surface area contributed by atoms with Gasteiger partial charge in [0.15, 0.2) is 0 Å². The zero-order chi connectivity index (χ0) is 20.0. The van der Waals surface area contributed by atoms with Gasteiger partial charge in [-0.1, -0.05) is 0 Å². The van der Waals surface area contributed by atoms with Crippen LogP contribution in [-0.2, 0) is 22.4 Å². The van der Waals surface area contributed by atoms with Crippen LogP contribution in [0.4, 0.5) is 4.79 Å². The third-order valence-corrected chi connectivity index (χ3v) is 6.09. The summed E-state index contributed by atoms with van der Waals surface area (Å²) in [5.41, 5.74) is 0.986.